The van der Waals surface area contributed by atoms with Crippen molar-refractivity contribution in [2.75, 3.05) is 0 Å². The van der Waals surface area contributed by atoms with E-state index < -0.39 is 0 Å². The van der Waals surface area contributed by atoms with Gasteiger partial charge in [0.25, 0.3) is 0 Å². The lowest BCUT2D eigenvalue weighted by Crippen LogP contribution is -2.22. The number of rotatable bonds is 3. The van der Waals surface area contributed by atoms with Crippen LogP contribution in [-0.4, -0.2) is 5.60 Å². The Kier molecular flexibility index (Phi) is 3.82. The molecule has 3 rings (SSSR count). The summed E-state index contributed by atoms with van der Waals surface area (Å²) in [7, 11) is 0. The molecule has 3 aromatic rings. The van der Waals surface area contributed by atoms with Gasteiger partial charge in [0, 0.05) is 17.5 Å². The molecular weight excluding hydrogens is 292 g/mol. The fourth-order valence-electron chi connectivity index (χ4n) is 2.17. The molecule has 0 aliphatic carbocycles. The van der Waals surface area contributed by atoms with Crippen LogP contribution in [0.15, 0.2) is 63.8 Å². The molecule has 4 nitrogen and oxygen atoms in total. The predicted octanol–water partition coefficient (Wildman–Crippen LogP) is 4.76. The zero-order valence-electron chi connectivity index (χ0n) is 13.3. The topological polar surface area (TPSA) is 48.7 Å². The maximum Gasteiger partial charge on any atom is 0.336 e. The zero-order chi connectivity index (χ0) is 16.4. The summed E-state index contributed by atoms with van der Waals surface area (Å²) >= 11 is 0. The van der Waals surface area contributed by atoms with Crippen LogP contribution in [0.3, 0.4) is 0 Å². The number of ether oxygens (including phenoxy) is 2. The summed E-state index contributed by atoms with van der Waals surface area (Å²) < 4.78 is 16.7. The minimum Gasteiger partial charge on any atom is -0.488 e. The first-order valence-corrected chi connectivity index (χ1v) is 7.40. The van der Waals surface area contributed by atoms with E-state index in [1.54, 1.807) is 12.1 Å². The molecule has 0 bridgehead atoms. The van der Waals surface area contributed by atoms with E-state index >= 15 is 0 Å². The maximum absolute atomic E-state index is 11.3. The summed E-state index contributed by atoms with van der Waals surface area (Å²) in [5, 5.41) is 0.853. The van der Waals surface area contributed by atoms with Crippen molar-refractivity contribution in [3.05, 3.63) is 65.0 Å². The van der Waals surface area contributed by atoms with E-state index in [1.807, 2.05) is 57.2 Å². The van der Waals surface area contributed by atoms with Gasteiger partial charge >= 0.3 is 5.63 Å². The molecule has 2 aromatic carbocycles. The van der Waals surface area contributed by atoms with Gasteiger partial charge in [0.05, 0.1) is 0 Å². The molecule has 4 heteroatoms. The van der Waals surface area contributed by atoms with Crippen LogP contribution in [0, 0.1) is 0 Å². The molecule has 0 saturated carbocycles. The molecule has 0 atom stereocenters. The van der Waals surface area contributed by atoms with Crippen molar-refractivity contribution in [3.63, 3.8) is 0 Å². The minimum atomic E-state index is -0.377. The molecule has 1 aromatic heterocycles. The summed E-state index contributed by atoms with van der Waals surface area (Å²) in [6.07, 6.45) is 0. The summed E-state index contributed by atoms with van der Waals surface area (Å²) in [6.45, 7) is 6.00. The number of benzene rings is 2. The number of hydrogen-bond donors (Lipinski definition) is 0. The summed E-state index contributed by atoms with van der Waals surface area (Å²) in [4.78, 5) is 11.3. The third-order valence-corrected chi connectivity index (χ3v) is 3.08. The zero-order valence-corrected chi connectivity index (χ0v) is 13.3. The first-order chi connectivity index (χ1) is 10.9. The summed E-state index contributed by atoms with van der Waals surface area (Å²) in [6, 6.07) is 15.9. The van der Waals surface area contributed by atoms with Gasteiger partial charge in [-0.3, -0.25) is 0 Å². The van der Waals surface area contributed by atoms with Crippen molar-refractivity contribution in [2.24, 2.45) is 0 Å². The van der Waals surface area contributed by atoms with E-state index in [0.717, 1.165) is 11.1 Å². The standard InChI is InChI=1S/C19H18O4/c1-19(2,3)23-15-9-7-14(8-10-15)21-16-6-4-13-5-11-18(20)22-17(13)12-16/h4-12H,1-3H3. The smallest absolute Gasteiger partial charge is 0.336 e. The molecule has 0 amide bonds. The average Bonchev–Trinajstić information content (AvgIpc) is 2.47. The van der Waals surface area contributed by atoms with Crippen LogP contribution in [0.5, 0.6) is 17.2 Å². The maximum atomic E-state index is 11.3. The molecule has 0 unspecified atom stereocenters. The van der Waals surface area contributed by atoms with Crippen LogP contribution in [-0.2, 0) is 0 Å². The Morgan fingerprint density at radius 2 is 1.43 bits per heavy atom. The van der Waals surface area contributed by atoms with Crippen molar-refractivity contribution >= 4 is 11.0 Å². The monoisotopic (exact) mass is 310 g/mol. The van der Waals surface area contributed by atoms with Crippen LogP contribution < -0.4 is 15.1 Å². The Morgan fingerprint density at radius 1 is 0.826 bits per heavy atom. The third kappa shape index (κ3) is 3.92. The Morgan fingerprint density at radius 3 is 2.13 bits per heavy atom. The van der Waals surface area contributed by atoms with Crippen molar-refractivity contribution in [3.8, 4) is 17.2 Å². The van der Waals surface area contributed by atoms with Crippen LogP contribution >= 0.6 is 0 Å². The van der Waals surface area contributed by atoms with Crippen LogP contribution in [0.1, 0.15) is 20.8 Å². The lowest BCUT2D eigenvalue weighted by Gasteiger charge is -2.21. The quantitative estimate of drug-likeness (QED) is 0.654. The van der Waals surface area contributed by atoms with E-state index in [0.29, 0.717) is 17.1 Å². The minimum absolute atomic E-state index is 0.238. The second-order valence-electron chi connectivity index (χ2n) is 6.24. The molecule has 1 heterocycles. The molecule has 0 N–H and O–H groups in total. The van der Waals surface area contributed by atoms with E-state index in [4.69, 9.17) is 13.9 Å². The molecule has 0 fully saturated rings. The van der Waals surface area contributed by atoms with E-state index in [1.165, 1.54) is 6.07 Å². The van der Waals surface area contributed by atoms with Gasteiger partial charge in [-0.2, -0.15) is 0 Å². The molecule has 0 radical (unpaired) electrons. The van der Waals surface area contributed by atoms with Crippen LogP contribution in [0.25, 0.3) is 11.0 Å². The summed E-state index contributed by atoms with van der Waals surface area (Å²) in [5.74, 6) is 2.08. The first kappa shape index (κ1) is 15.2. The van der Waals surface area contributed by atoms with Gasteiger partial charge < -0.3 is 13.9 Å². The van der Waals surface area contributed by atoms with Gasteiger partial charge in [0.2, 0.25) is 0 Å². The van der Waals surface area contributed by atoms with Crippen LogP contribution in [0.4, 0.5) is 0 Å². The Labute approximate surface area is 134 Å². The lowest BCUT2D eigenvalue weighted by molar-refractivity contribution is 0.131. The molecule has 0 saturated heterocycles. The molecule has 118 valence electrons. The van der Waals surface area contributed by atoms with Crippen molar-refractivity contribution < 1.29 is 13.9 Å². The van der Waals surface area contributed by atoms with Gasteiger partial charge in [-0.25, -0.2) is 4.79 Å². The SMILES string of the molecule is CC(C)(C)Oc1ccc(Oc2ccc3ccc(=O)oc3c2)cc1. The third-order valence-electron chi connectivity index (χ3n) is 3.08. The number of fused-ring (bicyclic) bond motifs is 1. The fraction of sp³-hybridized carbons (Fsp3) is 0.211. The molecular formula is C19H18O4. The normalized spacial score (nSPS) is 11.4. The van der Waals surface area contributed by atoms with E-state index in [9.17, 15) is 4.79 Å². The first-order valence-electron chi connectivity index (χ1n) is 7.40. The van der Waals surface area contributed by atoms with Gasteiger partial charge in [0.1, 0.15) is 28.4 Å². The van der Waals surface area contributed by atoms with Crippen molar-refractivity contribution in [1.29, 1.82) is 0 Å². The highest BCUT2D eigenvalue weighted by molar-refractivity contribution is 5.77. The van der Waals surface area contributed by atoms with Crippen LogP contribution in [0.2, 0.25) is 0 Å². The van der Waals surface area contributed by atoms with Gasteiger partial charge in [-0.05, 0) is 63.2 Å². The Bertz CT molecular complexity index is 870. The molecule has 0 spiro atoms. The van der Waals surface area contributed by atoms with E-state index in [-0.39, 0.29) is 11.2 Å². The number of hydrogen-bond acceptors (Lipinski definition) is 4. The fourth-order valence-corrected chi connectivity index (χ4v) is 2.17. The predicted molar refractivity (Wildman–Crippen MR) is 89.4 cm³/mol. The van der Waals surface area contributed by atoms with Crippen molar-refractivity contribution in [2.45, 2.75) is 26.4 Å². The van der Waals surface area contributed by atoms with Gasteiger partial charge in [0.15, 0.2) is 0 Å². The lowest BCUT2D eigenvalue weighted by atomic mass is 10.2. The highest BCUT2D eigenvalue weighted by atomic mass is 16.5. The molecule has 0 aliphatic heterocycles. The Balaban J connectivity index is 1.80. The average molecular weight is 310 g/mol. The molecule has 0 aliphatic rings. The Hall–Kier alpha value is -2.75. The van der Waals surface area contributed by atoms with E-state index in [2.05, 4.69) is 0 Å². The van der Waals surface area contributed by atoms with Crippen molar-refractivity contribution in [1.82, 2.24) is 0 Å². The second kappa shape index (κ2) is 5.80. The van der Waals surface area contributed by atoms with Gasteiger partial charge in [-0.15, -0.1) is 0 Å². The summed E-state index contributed by atoms with van der Waals surface area (Å²) in [5.41, 5.74) is -0.112. The largest absolute Gasteiger partial charge is 0.488 e. The highest BCUT2D eigenvalue weighted by Crippen LogP contribution is 2.27. The highest BCUT2D eigenvalue weighted by Gasteiger charge is 2.11. The molecule has 23 heavy (non-hydrogen) atoms. The second-order valence-corrected chi connectivity index (χ2v) is 6.24. The van der Waals surface area contributed by atoms with Gasteiger partial charge in [-0.1, -0.05) is 0 Å².